The molecular weight excluding hydrogens is 258 g/mol. The first-order chi connectivity index (χ1) is 9.52. The van der Waals surface area contributed by atoms with Gasteiger partial charge in [0, 0.05) is 11.1 Å². The maximum Gasteiger partial charge on any atom is 0.347 e. The van der Waals surface area contributed by atoms with Gasteiger partial charge in [0.05, 0.1) is 13.7 Å². The summed E-state index contributed by atoms with van der Waals surface area (Å²) < 4.78 is 9.81. The van der Waals surface area contributed by atoms with E-state index in [2.05, 4.69) is 0 Å². The van der Waals surface area contributed by atoms with Gasteiger partial charge in [-0.1, -0.05) is 26.7 Å². The molecule has 1 rings (SSSR count). The van der Waals surface area contributed by atoms with Crippen LogP contribution in [-0.2, 0) is 19.1 Å². The minimum Gasteiger partial charge on any atom is -0.465 e. The Kier molecular flexibility index (Phi) is 6.05. The van der Waals surface area contributed by atoms with Crippen molar-refractivity contribution >= 4 is 11.9 Å². The van der Waals surface area contributed by atoms with Crippen molar-refractivity contribution in [1.82, 2.24) is 0 Å². The van der Waals surface area contributed by atoms with Crippen LogP contribution in [-0.4, -0.2) is 25.7 Å². The van der Waals surface area contributed by atoms with Crippen LogP contribution in [0.1, 0.15) is 52.4 Å². The van der Waals surface area contributed by atoms with Crippen molar-refractivity contribution < 1.29 is 19.1 Å². The number of nitrogens with two attached hydrogens (primary N) is 1. The van der Waals surface area contributed by atoms with Crippen LogP contribution >= 0.6 is 0 Å². The van der Waals surface area contributed by atoms with Crippen LogP contribution in [0.5, 0.6) is 0 Å². The van der Waals surface area contributed by atoms with Gasteiger partial charge in [-0.25, -0.2) is 9.59 Å². The second-order valence-electron chi connectivity index (χ2n) is 5.26. The number of hydrogen-bond donors (Lipinski definition) is 1. The summed E-state index contributed by atoms with van der Waals surface area (Å²) >= 11 is 0. The zero-order valence-electron chi connectivity index (χ0n) is 12.7. The van der Waals surface area contributed by atoms with E-state index >= 15 is 0 Å². The lowest BCUT2D eigenvalue weighted by Crippen LogP contribution is -2.38. The number of unbranched alkanes of at least 4 members (excludes halogenated alkanes) is 1. The zero-order chi connectivity index (χ0) is 15.2. The zero-order valence-corrected chi connectivity index (χ0v) is 12.7. The minimum atomic E-state index is -0.705. The fourth-order valence-corrected chi connectivity index (χ4v) is 2.47. The Hall–Kier alpha value is -1.52. The van der Waals surface area contributed by atoms with Crippen molar-refractivity contribution in [2.75, 3.05) is 13.7 Å². The van der Waals surface area contributed by atoms with E-state index in [0.717, 1.165) is 38.5 Å². The van der Waals surface area contributed by atoms with Crippen molar-refractivity contribution in [1.29, 1.82) is 0 Å². The quantitative estimate of drug-likeness (QED) is 0.255. The molecule has 0 heterocycles. The summed E-state index contributed by atoms with van der Waals surface area (Å²) in [5.74, 6) is -1.37. The smallest absolute Gasteiger partial charge is 0.347 e. The number of esters is 2. The third kappa shape index (κ3) is 3.32. The van der Waals surface area contributed by atoms with Crippen LogP contribution in [0.25, 0.3) is 0 Å². The molecule has 5 nitrogen and oxygen atoms in total. The number of carbonyl (C=O) groups excluding carboxylic acids is 2. The maximum absolute atomic E-state index is 12.1. The number of methoxy groups -OCH3 is 1. The van der Waals surface area contributed by atoms with Gasteiger partial charge in [-0.2, -0.15) is 0 Å². The second kappa shape index (κ2) is 7.31. The summed E-state index contributed by atoms with van der Waals surface area (Å²) in [5, 5.41) is 0. The lowest BCUT2D eigenvalue weighted by atomic mass is 9.64. The summed E-state index contributed by atoms with van der Waals surface area (Å²) in [7, 11) is 1.24. The molecule has 114 valence electrons. The Bertz CT molecular complexity index is 391. The molecule has 1 saturated carbocycles. The predicted octanol–water partition coefficient (Wildman–Crippen LogP) is 2.30. The van der Waals surface area contributed by atoms with Crippen LogP contribution < -0.4 is 5.73 Å². The molecule has 0 bridgehead atoms. The highest BCUT2D eigenvalue weighted by Crippen LogP contribution is 2.48. The van der Waals surface area contributed by atoms with E-state index in [1.807, 2.05) is 13.8 Å². The van der Waals surface area contributed by atoms with E-state index in [1.54, 1.807) is 0 Å². The van der Waals surface area contributed by atoms with Crippen LogP contribution in [0, 0.1) is 5.41 Å². The summed E-state index contributed by atoms with van der Waals surface area (Å²) in [5.41, 5.74) is 6.10. The second-order valence-corrected chi connectivity index (χ2v) is 5.26. The molecule has 1 aliphatic rings. The van der Waals surface area contributed by atoms with Crippen LogP contribution in [0.15, 0.2) is 11.3 Å². The van der Waals surface area contributed by atoms with E-state index in [0.29, 0.717) is 12.3 Å². The summed E-state index contributed by atoms with van der Waals surface area (Å²) in [6, 6.07) is 0. The first-order valence-corrected chi connectivity index (χ1v) is 7.28. The first-order valence-electron chi connectivity index (χ1n) is 7.28. The van der Waals surface area contributed by atoms with Crippen molar-refractivity contribution in [3.63, 3.8) is 0 Å². The average molecular weight is 283 g/mol. The average Bonchev–Trinajstić information content (AvgIpc) is 2.38. The summed E-state index contributed by atoms with van der Waals surface area (Å²) in [6.45, 7) is 4.31. The van der Waals surface area contributed by atoms with E-state index in [1.165, 1.54) is 7.11 Å². The Morgan fingerprint density at radius 1 is 1.20 bits per heavy atom. The van der Waals surface area contributed by atoms with Crippen LogP contribution in [0.2, 0.25) is 0 Å². The molecule has 0 atom stereocenters. The Balaban J connectivity index is 2.99. The van der Waals surface area contributed by atoms with Gasteiger partial charge in [-0.3, -0.25) is 0 Å². The van der Waals surface area contributed by atoms with Gasteiger partial charge in [-0.15, -0.1) is 0 Å². The standard InChI is InChI=1S/C15H25NO4/c1-4-6-10-20-14(18)11(13(17)19-3)12(16)15(5-2)8-7-9-15/h4-10,16H2,1-3H3/b12-11+. The Morgan fingerprint density at radius 3 is 2.25 bits per heavy atom. The van der Waals surface area contributed by atoms with Crippen molar-refractivity contribution in [3.05, 3.63) is 11.3 Å². The molecule has 0 aromatic heterocycles. The van der Waals surface area contributed by atoms with Crippen molar-refractivity contribution in [2.45, 2.75) is 52.4 Å². The molecule has 0 spiro atoms. The van der Waals surface area contributed by atoms with Gasteiger partial charge in [0.15, 0.2) is 5.57 Å². The molecule has 0 unspecified atom stereocenters. The molecule has 0 saturated heterocycles. The summed E-state index contributed by atoms with van der Waals surface area (Å²) in [4.78, 5) is 24.0. The lowest BCUT2D eigenvalue weighted by molar-refractivity contribution is -0.146. The molecule has 0 aromatic carbocycles. The van der Waals surface area contributed by atoms with E-state index in [4.69, 9.17) is 15.2 Å². The van der Waals surface area contributed by atoms with Gasteiger partial charge in [0.25, 0.3) is 0 Å². The molecule has 20 heavy (non-hydrogen) atoms. The largest absolute Gasteiger partial charge is 0.465 e. The summed E-state index contributed by atoms with van der Waals surface area (Å²) in [6.07, 6.45) is 5.35. The van der Waals surface area contributed by atoms with Crippen LogP contribution in [0.4, 0.5) is 0 Å². The van der Waals surface area contributed by atoms with E-state index < -0.39 is 11.9 Å². The molecule has 0 amide bonds. The fourth-order valence-electron chi connectivity index (χ4n) is 2.47. The topological polar surface area (TPSA) is 78.6 Å². The number of ether oxygens (including phenoxy) is 2. The molecule has 5 heteroatoms. The lowest BCUT2D eigenvalue weighted by Gasteiger charge is -2.42. The third-order valence-electron chi connectivity index (χ3n) is 4.15. The minimum absolute atomic E-state index is 0.120. The van der Waals surface area contributed by atoms with Gasteiger partial charge < -0.3 is 15.2 Å². The molecule has 1 fully saturated rings. The number of carbonyl (C=O) groups is 2. The van der Waals surface area contributed by atoms with Crippen molar-refractivity contribution in [3.8, 4) is 0 Å². The van der Waals surface area contributed by atoms with E-state index in [9.17, 15) is 9.59 Å². The highest BCUT2D eigenvalue weighted by Gasteiger charge is 2.42. The van der Waals surface area contributed by atoms with Gasteiger partial charge >= 0.3 is 11.9 Å². The molecule has 2 N–H and O–H groups in total. The number of rotatable bonds is 7. The first kappa shape index (κ1) is 16.5. The SMILES string of the molecule is CCCCOC(=O)/C(C(=O)OC)=C(/N)C1(CC)CCC1. The Labute approximate surface area is 120 Å². The van der Waals surface area contributed by atoms with Gasteiger partial charge in [0.2, 0.25) is 0 Å². The van der Waals surface area contributed by atoms with Crippen molar-refractivity contribution in [2.24, 2.45) is 11.1 Å². The molecular formula is C15H25NO4. The number of hydrogen-bond acceptors (Lipinski definition) is 5. The maximum atomic E-state index is 12.1. The highest BCUT2D eigenvalue weighted by molar-refractivity contribution is 6.14. The van der Waals surface area contributed by atoms with E-state index in [-0.39, 0.29) is 11.0 Å². The normalized spacial score (nSPS) is 17.8. The predicted molar refractivity (Wildman–Crippen MR) is 75.7 cm³/mol. The fraction of sp³-hybridized carbons (Fsp3) is 0.733. The van der Waals surface area contributed by atoms with Gasteiger partial charge in [-0.05, 0) is 25.7 Å². The monoisotopic (exact) mass is 283 g/mol. The highest BCUT2D eigenvalue weighted by atomic mass is 16.5. The Morgan fingerprint density at radius 2 is 1.85 bits per heavy atom. The molecule has 0 aliphatic heterocycles. The third-order valence-corrected chi connectivity index (χ3v) is 4.15. The van der Waals surface area contributed by atoms with Crippen LogP contribution in [0.3, 0.4) is 0 Å². The molecule has 0 aromatic rings. The molecule has 0 radical (unpaired) electrons. The number of allylic oxidation sites excluding steroid dienone is 1. The molecule has 1 aliphatic carbocycles. The van der Waals surface area contributed by atoms with Gasteiger partial charge in [0.1, 0.15) is 0 Å².